The Kier molecular flexibility index (Phi) is 2.05. The minimum atomic E-state index is -0.298. The molecule has 0 bridgehead atoms. The van der Waals surface area contributed by atoms with E-state index in [4.69, 9.17) is 0 Å². The average Bonchev–Trinajstić information content (AvgIpc) is 2.93. The standard InChI is InChI=1S/C11H9N3O2S/c1-6-10(15)13-9-7(8-3-2-4-17-8)5-12-14(9)11(6)16/h2-5,16H,1H3,(H,13,15). The Bertz CT molecular complexity index is 740. The highest BCUT2D eigenvalue weighted by Crippen LogP contribution is 2.28. The van der Waals surface area contributed by atoms with Gasteiger partial charge in [-0.2, -0.15) is 9.61 Å². The Morgan fingerprint density at radius 3 is 3.06 bits per heavy atom. The third kappa shape index (κ3) is 1.38. The van der Waals surface area contributed by atoms with Crippen molar-refractivity contribution in [2.24, 2.45) is 0 Å². The van der Waals surface area contributed by atoms with E-state index in [0.29, 0.717) is 5.65 Å². The van der Waals surface area contributed by atoms with Gasteiger partial charge in [-0.3, -0.25) is 4.79 Å². The third-order valence-electron chi connectivity index (χ3n) is 2.66. The molecule has 17 heavy (non-hydrogen) atoms. The number of thiophene rings is 1. The zero-order chi connectivity index (χ0) is 12.0. The molecule has 6 heteroatoms. The Morgan fingerprint density at radius 2 is 2.35 bits per heavy atom. The number of H-pyrrole nitrogens is 1. The van der Waals surface area contributed by atoms with Crippen molar-refractivity contribution < 1.29 is 5.11 Å². The molecular formula is C11H9N3O2S. The predicted octanol–water partition coefficient (Wildman–Crippen LogP) is 1.77. The van der Waals surface area contributed by atoms with Crippen molar-refractivity contribution in [3.63, 3.8) is 0 Å². The lowest BCUT2D eigenvalue weighted by atomic mass is 10.3. The van der Waals surface area contributed by atoms with Crippen molar-refractivity contribution in [1.29, 1.82) is 0 Å². The zero-order valence-corrected chi connectivity index (χ0v) is 9.78. The van der Waals surface area contributed by atoms with Crippen LogP contribution in [0.2, 0.25) is 0 Å². The summed E-state index contributed by atoms with van der Waals surface area (Å²) >= 11 is 1.55. The van der Waals surface area contributed by atoms with E-state index in [2.05, 4.69) is 10.1 Å². The Labute approximate surface area is 100.0 Å². The van der Waals surface area contributed by atoms with Gasteiger partial charge >= 0.3 is 0 Å². The molecule has 0 aliphatic rings. The van der Waals surface area contributed by atoms with E-state index in [1.807, 2.05) is 17.5 Å². The largest absolute Gasteiger partial charge is 0.493 e. The van der Waals surface area contributed by atoms with Gasteiger partial charge in [-0.05, 0) is 18.4 Å². The maximum atomic E-state index is 11.6. The molecule has 0 fully saturated rings. The molecule has 3 rings (SSSR count). The number of aromatic nitrogens is 3. The molecule has 0 aliphatic carbocycles. The molecule has 3 aromatic rings. The molecule has 0 saturated heterocycles. The van der Waals surface area contributed by atoms with Crippen LogP contribution < -0.4 is 5.56 Å². The zero-order valence-electron chi connectivity index (χ0n) is 8.97. The highest BCUT2D eigenvalue weighted by molar-refractivity contribution is 7.13. The highest BCUT2D eigenvalue weighted by atomic mass is 32.1. The van der Waals surface area contributed by atoms with Gasteiger partial charge in [0, 0.05) is 4.88 Å². The summed E-state index contributed by atoms with van der Waals surface area (Å²) in [5, 5.41) is 15.9. The molecule has 0 aliphatic heterocycles. The van der Waals surface area contributed by atoms with Crippen LogP contribution in [-0.2, 0) is 0 Å². The van der Waals surface area contributed by atoms with E-state index in [9.17, 15) is 9.90 Å². The molecule has 86 valence electrons. The fraction of sp³-hybridized carbons (Fsp3) is 0.0909. The molecule has 0 aromatic carbocycles. The predicted molar refractivity (Wildman–Crippen MR) is 65.5 cm³/mol. The van der Waals surface area contributed by atoms with Gasteiger partial charge in [0.2, 0.25) is 5.88 Å². The SMILES string of the molecule is Cc1c(O)n2ncc(-c3cccs3)c2[nH]c1=O. The third-order valence-corrected chi connectivity index (χ3v) is 3.57. The normalized spacial score (nSPS) is 11.1. The summed E-state index contributed by atoms with van der Waals surface area (Å²) in [6, 6.07) is 3.87. The molecule has 0 unspecified atom stereocenters. The van der Waals surface area contributed by atoms with Crippen LogP contribution in [0.1, 0.15) is 5.56 Å². The van der Waals surface area contributed by atoms with E-state index in [-0.39, 0.29) is 17.0 Å². The minimum Gasteiger partial charge on any atom is -0.493 e. The van der Waals surface area contributed by atoms with Gasteiger partial charge in [-0.25, -0.2) is 0 Å². The maximum absolute atomic E-state index is 11.6. The number of aromatic hydroxyl groups is 1. The summed E-state index contributed by atoms with van der Waals surface area (Å²) in [6.07, 6.45) is 1.64. The second kappa shape index (κ2) is 3.46. The summed E-state index contributed by atoms with van der Waals surface area (Å²) in [7, 11) is 0. The molecule has 0 saturated carbocycles. The molecule has 3 aromatic heterocycles. The van der Waals surface area contributed by atoms with Crippen molar-refractivity contribution >= 4 is 17.0 Å². The number of aromatic amines is 1. The first kappa shape index (κ1) is 10.1. The van der Waals surface area contributed by atoms with E-state index < -0.39 is 0 Å². The lowest BCUT2D eigenvalue weighted by Crippen LogP contribution is -2.12. The first-order valence-corrected chi connectivity index (χ1v) is 5.90. The lowest BCUT2D eigenvalue weighted by molar-refractivity contribution is 0.429. The molecule has 0 spiro atoms. The van der Waals surface area contributed by atoms with Crippen molar-refractivity contribution in [1.82, 2.24) is 14.6 Å². The summed E-state index contributed by atoms with van der Waals surface area (Å²) in [5.41, 5.74) is 1.29. The van der Waals surface area contributed by atoms with Gasteiger partial charge in [0.15, 0.2) is 0 Å². The summed E-state index contributed by atoms with van der Waals surface area (Å²) in [5.74, 6) is -0.119. The monoisotopic (exact) mass is 247 g/mol. The highest BCUT2D eigenvalue weighted by Gasteiger charge is 2.13. The van der Waals surface area contributed by atoms with Gasteiger partial charge in [-0.1, -0.05) is 6.07 Å². The van der Waals surface area contributed by atoms with Crippen LogP contribution in [0.3, 0.4) is 0 Å². The molecule has 5 nitrogen and oxygen atoms in total. The molecule has 0 atom stereocenters. The number of hydrogen-bond acceptors (Lipinski definition) is 4. The van der Waals surface area contributed by atoms with Gasteiger partial charge in [0.25, 0.3) is 5.56 Å². The second-order valence-corrected chi connectivity index (χ2v) is 4.65. The Morgan fingerprint density at radius 1 is 1.53 bits per heavy atom. The van der Waals surface area contributed by atoms with Crippen molar-refractivity contribution in [2.45, 2.75) is 6.92 Å². The van der Waals surface area contributed by atoms with Crippen molar-refractivity contribution in [3.05, 3.63) is 39.6 Å². The maximum Gasteiger partial charge on any atom is 0.257 e. The van der Waals surface area contributed by atoms with Crippen LogP contribution in [-0.4, -0.2) is 19.7 Å². The number of fused-ring (bicyclic) bond motifs is 1. The van der Waals surface area contributed by atoms with E-state index in [1.165, 1.54) is 4.52 Å². The molecule has 0 radical (unpaired) electrons. The van der Waals surface area contributed by atoms with Gasteiger partial charge in [-0.15, -0.1) is 11.3 Å². The number of hydrogen-bond donors (Lipinski definition) is 2. The minimum absolute atomic E-state index is 0.119. The summed E-state index contributed by atoms with van der Waals surface area (Å²) in [6.45, 7) is 1.56. The number of rotatable bonds is 1. The van der Waals surface area contributed by atoms with Crippen molar-refractivity contribution in [2.75, 3.05) is 0 Å². The second-order valence-electron chi connectivity index (χ2n) is 3.70. The topological polar surface area (TPSA) is 70.4 Å². The Hall–Kier alpha value is -2.08. The van der Waals surface area contributed by atoms with Crippen molar-refractivity contribution in [3.8, 4) is 16.3 Å². The number of nitrogens with zero attached hydrogens (tertiary/aromatic N) is 2. The first-order chi connectivity index (χ1) is 8.18. The van der Waals surface area contributed by atoms with E-state index in [0.717, 1.165) is 10.4 Å². The van der Waals surface area contributed by atoms with Crippen LogP contribution >= 0.6 is 11.3 Å². The molecule has 0 amide bonds. The summed E-state index contributed by atoms with van der Waals surface area (Å²) < 4.78 is 1.34. The lowest BCUT2D eigenvalue weighted by Gasteiger charge is -2.01. The molecule has 3 heterocycles. The smallest absolute Gasteiger partial charge is 0.257 e. The number of nitrogens with one attached hydrogen (secondary N) is 1. The molecular weight excluding hydrogens is 238 g/mol. The van der Waals surface area contributed by atoms with E-state index >= 15 is 0 Å². The van der Waals surface area contributed by atoms with Crippen LogP contribution in [0.25, 0.3) is 16.1 Å². The first-order valence-electron chi connectivity index (χ1n) is 5.02. The fourth-order valence-corrected chi connectivity index (χ4v) is 2.44. The van der Waals surface area contributed by atoms with Crippen LogP contribution in [0.15, 0.2) is 28.5 Å². The quantitative estimate of drug-likeness (QED) is 0.688. The van der Waals surface area contributed by atoms with Crippen LogP contribution in [0, 0.1) is 6.92 Å². The van der Waals surface area contributed by atoms with Crippen LogP contribution in [0.4, 0.5) is 0 Å². The fourth-order valence-electron chi connectivity index (χ4n) is 1.70. The van der Waals surface area contributed by atoms with Gasteiger partial charge in [0.1, 0.15) is 5.65 Å². The van der Waals surface area contributed by atoms with E-state index in [1.54, 1.807) is 24.5 Å². The Balaban J connectivity index is 2.41. The average molecular weight is 247 g/mol. The molecule has 2 N–H and O–H groups in total. The van der Waals surface area contributed by atoms with Crippen LogP contribution in [0.5, 0.6) is 5.88 Å². The van der Waals surface area contributed by atoms with Gasteiger partial charge in [0.05, 0.1) is 17.3 Å². The van der Waals surface area contributed by atoms with Gasteiger partial charge < -0.3 is 10.1 Å². The summed E-state index contributed by atoms with van der Waals surface area (Å²) in [4.78, 5) is 15.3.